The molecular formula is C27H30ClN3O4. The molecule has 7 nitrogen and oxygen atoms in total. The monoisotopic (exact) mass is 495 g/mol. The van der Waals surface area contributed by atoms with Crippen molar-refractivity contribution in [1.29, 1.82) is 0 Å². The van der Waals surface area contributed by atoms with Crippen LogP contribution in [-0.4, -0.2) is 58.8 Å². The Morgan fingerprint density at radius 3 is 2.80 bits per heavy atom. The van der Waals surface area contributed by atoms with E-state index in [1.165, 1.54) is 0 Å². The van der Waals surface area contributed by atoms with Crippen LogP contribution < -0.4 is 5.32 Å². The van der Waals surface area contributed by atoms with Gasteiger partial charge in [0.05, 0.1) is 31.1 Å². The Morgan fingerprint density at radius 2 is 2.09 bits per heavy atom. The number of amides is 1. The van der Waals surface area contributed by atoms with Gasteiger partial charge in [0.25, 0.3) is 0 Å². The molecule has 184 valence electrons. The molecule has 1 aromatic carbocycles. The quantitative estimate of drug-likeness (QED) is 0.540. The molecule has 2 aliphatic heterocycles. The van der Waals surface area contributed by atoms with E-state index in [-0.39, 0.29) is 23.3 Å². The topological polar surface area (TPSA) is 87.8 Å². The second kappa shape index (κ2) is 8.89. The summed E-state index contributed by atoms with van der Waals surface area (Å²) < 4.78 is 11.0. The maximum absolute atomic E-state index is 12.7. The minimum Gasteiger partial charge on any atom is -0.469 e. The molecule has 1 amide bonds. The van der Waals surface area contributed by atoms with Gasteiger partial charge >= 0.3 is 0 Å². The standard InChI is InChI=1S/C27H30ClN3O4/c1-27(15-34-14-24(27)32)31-6-4-16(5-7-31)19-9-17-11-25(29-13-18(17)10-22(19)28)30-26(33)21-12-20(21)23-3-2-8-35-23/h2-3,8-11,13,16,20-21,24,32H,4-7,12,14-15H2,1H3,(H,29,30,33)/t20?,21?,24-,27+/m0/s1. The number of rotatable bonds is 5. The van der Waals surface area contributed by atoms with Crippen LogP contribution in [0.15, 0.2) is 47.2 Å². The highest BCUT2D eigenvalue weighted by Crippen LogP contribution is 2.48. The summed E-state index contributed by atoms with van der Waals surface area (Å²) in [5, 5.41) is 16.1. The Morgan fingerprint density at radius 1 is 1.26 bits per heavy atom. The van der Waals surface area contributed by atoms with Crippen LogP contribution in [0.2, 0.25) is 5.02 Å². The second-order valence-electron chi connectivity index (χ2n) is 10.4. The first-order valence-corrected chi connectivity index (χ1v) is 12.7. The van der Waals surface area contributed by atoms with E-state index in [4.69, 9.17) is 20.8 Å². The summed E-state index contributed by atoms with van der Waals surface area (Å²) in [4.78, 5) is 19.5. The summed E-state index contributed by atoms with van der Waals surface area (Å²) in [7, 11) is 0. The molecule has 35 heavy (non-hydrogen) atoms. The number of pyridine rings is 1. The van der Waals surface area contributed by atoms with Crippen LogP contribution in [0.5, 0.6) is 0 Å². The van der Waals surface area contributed by atoms with Gasteiger partial charge in [-0.1, -0.05) is 11.6 Å². The fourth-order valence-corrected chi connectivity index (χ4v) is 6.07. The fourth-order valence-electron chi connectivity index (χ4n) is 5.74. The van der Waals surface area contributed by atoms with Crippen molar-refractivity contribution >= 4 is 34.1 Å². The number of hydrogen-bond donors (Lipinski definition) is 2. The molecule has 0 spiro atoms. The molecule has 3 aliphatic rings. The predicted molar refractivity (Wildman–Crippen MR) is 134 cm³/mol. The summed E-state index contributed by atoms with van der Waals surface area (Å²) in [6.45, 7) is 4.86. The summed E-state index contributed by atoms with van der Waals surface area (Å²) in [6.07, 6.45) is 5.70. The molecule has 2 saturated heterocycles. The van der Waals surface area contributed by atoms with Crippen LogP contribution in [0, 0.1) is 5.92 Å². The number of nitrogens with one attached hydrogen (secondary N) is 1. The molecule has 0 bridgehead atoms. The highest BCUT2D eigenvalue weighted by molar-refractivity contribution is 6.32. The van der Waals surface area contributed by atoms with Crippen molar-refractivity contribution in [2.75, 3.05) is 31.6 Å². The van der Waals surface area contributed by atoms with Crippen LogP contribution in [0.25, 0.3) is 10.8 Å². The van der Waals surface area contributed by atoms with Gasteiger partial charge in [0.1, 0.15) is 11.6 Å². The van der Waals surface area contributed by atoms with Crippen LogP contribution in [-0.2, 0) is 9.53 Å². The molecule has 2 aromatic heterocycles. The van der Waals surface area contributed by atoms with E-state index in [0.29, 0.717) is 24.9 Å². The lowest BCUT2D eigenvalue weighted by molar-refractivity contribution is -0.117. The van der Waals surface area contributed by atoms with Gasteiger partial charge in [-0.3, -0.25) is 9.69 Å². The van der Waals surface area contributed by atoms with Gasteiger partial charge in [-0.15, -0.1) is 0 Å². The maximum Gasteiger partial charge on any atom is 0.229 e. The summed E-state index contributed by atoms with van der Waals surface area (Å²) in [5.74, 6) is 1.82. The Labute approximate surface area is 209 Å². The molecule has 4 heterocycles. The number of nitrogens with zero attached hydrogens (tertiary/aromatic N) is 2. The van der Waals surface area contributed by atoms with Gasteiger partial charge in [-0.25, -0.2) is 4.98 Å². The van der Waals surface area contributed by atoms with E-state index in [9.17, 15) is 9.90 Å². The number of carbonyl (C=O) groups is 1. The van der Waals surface area contributed by atoms with Crippen molar-refractivity contribution in [3.05, 3.63) is 59.1 Å². The fraction of sp³-hybridized carbons (Fsp3) is 0.481. The number of aliphatic hydroxyl groups excluding tert-OH is 1. The Kier molecular flexibility index (Phi) is 5.84. The number of hydrogen-bond acceptors (Lipinski definition) is 6. The first-order chi connectivity index (χ1) is 16.9. The molecule has 1 saturated carbocycles. The molecule has 8 heteroatoms. The Hall–Kier alpha value is -2.45. The number of aromatic nitrogens is 1. The van der Waals surface area contributed by atoms with Gasteiger partial charge < -0.3 is 19.6 Å². The molecule has 2 unspecified atom stereocenters. The Balaban J connectivity index is 1.15. The second-order valence-corrected chi connectivity index (χ2v) is 10.8. The van der Waals surface area contributed by atoms with Crippen molar-refractivity contribution < 1.29 is 19.1 Å². The van der Waals surface area contributed by atoms with Gasteiger partial charge in [-0.05, 0) is 86.5 Å². The lowest BCUT2D eigenvalue weighted by atomic mass is 9.85. The Bertz CT molecular complexity index is 1240. The van der Waals surface area contributed by atoms with E-state index >= 15 is 0 Å². The normalized spacial score (nSPS) is 29.5. The van der Waals surface area contributed by atoms with E-state index in [1.807, 2.05) is 24.3 Å². The molecule has 3 aromatic rings. The lowest BCUT2D eigenvalue weighted by Gasteiger charge is -2.43. The number of benzene rings is 1. The third-order valence-electron chi connectivity index (χ3n) is 8.17. The van der Waals surface area contributed by atoms with Crippen LogP contribution in [0.1, 0.15) is 49.3 Å². The third-order valence-corrected chi connectivity index (χ3v) is 8.50. The average molecular weight is 496 g/mol. The number of anilines is 1. The van der Waals surface area contributed by atoms with Gasteiger partial charge in [0.15, 0.2) is 0 Å². The number of likely N-dealkylation sites (tertiary alicyclic amines) is 1. The number of halogens is 1. The van der Waals surface area contributed by atoms with E-state index in [1.54, 1.807) is 12.5 Å². The average Bonchev–Trinajstić information content (AvgIpc) is 3.32. The SMILES string of the molecule is C[C@@]1(N2CCC(c3cc4cc(NC(=O)C5CC5c5ccco5)ncc4cc3Cl)CC2)COC[C@@H]1O. The van der Waals surface area contributed by atoms with E-state index in [0.717, 1.165) is 59.5 Å². The predicted octanol–water partition coefficient (Wildman–Crippen LogP) is 4.55. The summed E-state index contributed by atoms with van der Waals surface area (Å²) >= 11 is 6.71. The zero-order valence-corrected chi connectivity index (χ0v) is 20.5. The van der Waals surface area contributed by atoms with Gasteiger partial charge in [0, 0.05) is 28.4 Å². The smallest absolute Gasteiger partial charge is 0.229 e. The minimum absolute atomic E-state index is 0.0219. The summed E-state index contributed by atoms with van der Waals surface area (Å²) in [6, 6.07) is 9.83. The van der Waals surface area contributed by atoms with E-state index in [2.05, 4.69) is 28.2 Å². The van der Waals surface area contributed by atoms with Crippen molar-refractivity contribution in [1.82, 2.24) is 9.88 Å². The highest BCUT2D eigenvalue weighted by atomic mass is 35.5. The zero-order chi connectivity index (χ0) is 24.2. The molecule has 1 aliphatic carbocycles. The van der Waals surface area contributed by atoms with Gasteiger partial charge in [-0.2, -0.15) is 0 Å². The number of piperidine rings is 1. The molecule has 4 atom stereocenters. The first kappa shape index (κ1) is 23.0. The van der Waals surface area contributed by atoms with E-state index < -0.39 is 6.10 Å². The van der Waals surface area contributed by atoms with Crippen molar-refractivity contribution in [2.45, 2.75) is 49.7 Å². The van der Waals surface area contributed by atoms with Crippen LogP contribution in [0.4, 0.5) is 5.82 Å². The molecule has 2 N–H and O–H groups in total. The molecular weight excluding hydrogens is 466 g/mol. The molecule has 6 rings (SSSR count). The van der Waals surface area contributed by atoms with Gasteiger partial charge in [0.2, 0.25) is 5.91 Å². The van der Waals surface area contributed by atoms with Crippen LogP contribution in [0.3, 0.4) is 0 Å². The molecule has 0 radical (unpaired) electrons. The number of aliphatic hydroxyl groups is 1. The molecule has 3 fully saturated rings. The third kappa shape index (κ3) is 4.25. The number of ether oxygens (including phenoxy) is 1. The largest absolute Gasteiger partial charge is 0.469 e. The van der Waals surface area contributed by atoms with Crippen molar-refractivity contribution in [3.8, 4) is 0 Å². The highest BCUT2D eigenvalue weighted by Gasteiger charge is 2.46. The minimum atomic E-state index is -0.450. The number of fused-ring (bicyclic) bond motifs is 1. The number of furan rings is 1. The first-order valence-electron chi connectivity index (χ1n) is 12.4. The summed E-state index contributed by atoms with van der Waals surface area (Å²) in [5.41, 5.74) is 0.824. The zero-order valence-electron chi connectivity index (χ0n) is 19.7. The maximum atomic E-state index is 12.7. The van der Waals surface area contributed by atoms with Crippen molar-refractivity contribution in [3.63, 3.8) is 0 Å². The number of carbonyl (C=O) groups excluding carboxylic acids is 1. The van der Waals surface area contributed by atoms with Crippen molar-refractivity contribution in [2.24, 2.45) is 5.92 Å². The lowest BCUT2D eigenvalue weighted by Crippen LogP contribution is -2.56. The van der Waals surface area contributed by atoms with Crippen LogP contribution >= 0.6 is 11.6 Å².